The van der Waals surface area contributed by atoms with Crippen molar-refractivity contribution in [1.29, 1.82) is 0 Å². The van der Waals surface area contributed by atoms with Gasteiger partial charge in [0.2, 0.25) is 0 Å². The monoisotopic (exact) mass is 264 g/mol. The zero-order valence-corrected chi connectivity index (χ0v) is 11.3. The molecule has 5 heteroatoms. The lowest BCUT2D eigenvalue weighted by molar-refractivity contribution is 0.286. The number of hydrogen-bond donors (Lipinski definition) is 1. The highest BCUT2D eigenvalue weighted by Crippen LogP contribution is 2.29. The number of thiazole rings is 1. The summed E-state index contributed by atoms with van der Waals surface area (Å²) in [6, 6.07) is 5.94. The molecule has 0 aliphatic carbocycles. The van der Waals surface area contributed by atoms with Crippen molar-refractivity contribution in [1.82, 2.24) is 10.3 Å². The van der Waals surface area contributed by atoms with Crippen molar-refractivity contribution in [2.75, 3.05) is 14.2 Å². The molecule has 0 aliphatic heterocycles. The molecule has 1 aromatic carbocycles. The molecule has 0 saturated heterocycles. The zero-order valence-electron chi connectivity index (χ0n) is 10.5. The first-order valence-electron chi connectivity index (χ1n) is 5.65. The first kappa shape index (κ1) is 12.9. The third-order valence-corrected chi connectivity index (χ3v) is 3.22. The van der Waals surface area contributed by atoms with Gasteiger partial charge >= 0.3 is 0 Å². The second-order valence-electron chi connectivity index (χ2n) is 3.77. The van der Waals surface area contributed by atoms with E-state index in [9.17, 15) is 0 Å². The van der Waals surface area contributed by atoms with Crippen LogP contribution in [0.1, 0.15) is 10.4 Å². The van der Waals surface area contributed by atoms with Crippen molar-refractivity contribution < 1.29 is 9.47 Å². The summed E-state index contributed by atoms with van der Waals surface area (Å²) < 4.78 is 11.1. The number of nitrogens with one attached hydrogen (secondary N) is 1. The van der Waals surface area contributed by atoms with Crippen LogP contribution in [0.15, 0.2) is 29.9 Å². The molecule has 0 atom stereocenters. The summed E-state index contributed by atoms with van der Waals surface area (Å²) in [5, 5.41) is 3.11. The van der Waals surface area contributed by atoms with E-state index < -0.39 is 0 Å². The second kappa shape index (κ2) is 6.37. The summed E-state index contributed by atoms with van der Waals surface area (Å²) in [5.74, 6) is 1.51. The molecule has 0 saturated carbocycles. The molecule has 96 valence electrons. The van der Waals surface area contributed by atoms with Gasteiger partial charge in [0.15, 0.2) is 11.5 Å². The van der Waals surface area contributed by atoms with Crippen LogP contribution >= 0.6 is 11.3 Å². The fraction of sp³-hybridized carbons (Fsp3) is 0.308. The topological polar surface area (TPSA) is 43.4 Å². The fourth-order valence-electron chi connectivity index (χ4n) is 1.61. The molecule has 0 bridgehead atoms. The number of ether oxygens (including phenoxy) is 2. The molecule has 0 spiro atoms. The lowest BCUT2D eigenvalue weighted by atomic mass is 10.2. The first-order valence-corrected chi connectivity index (χ1v) is 6.53. The van der Waals surface area contributed by atoms with Crippen molar-refractivity contribution in [3.63, 3.8) is 0 Å². The standard InChI is InChI=1S/C13H16N2O2S/c1-14-6-10-3-4-12(16-2)13(5-10)17-8-11-7-15-9-18-11/h3-5,7,9,14H,6,8H2,1-2H3. The zero-order chi connectivity index (χ0) is 12.8. The average molecular weight is 264 g/mol. The van der Waals surface area contributed by atoms with Gasteiger partial charge in [-0.1, -0.05) is 6.07 Å². The minimum atomic E-state index is 0.518. The van der Waals surface area contributed by atoms with Crippen LogP contribution in [0.25, 0.3) is 0 Å². The van der Waals surface area contributed by atoms with Gasteiger partial charge in [-0.05, 0) is 24.7 Å². The molecule has 1 heterocycles. The quantitative estimate of drug-likeness (QED) is 0.870. The molecule has 18 heavy (non-hydrogen) atoms. The van der Waals surface area contributed by atoms with Crippen LogP contribution in [-0.2, 0) is 13.2 Å². The van der Waals surface area contributed by atoms with Gasteiger partial charge in [0, 0.05) is 12.7 Å². The molecule has 2 rings (SSSR count). The third kappa shape index (κ3) is 3.21. The summed E-state index contributed by atoms with van der Waals surface area (Å²) in [6.07, 6.45) is 1.81. The van der Waals surface area contributed by atoms with Gasteiger partial charge in [-0.15, -0.1) is 11.3 Å². The van der Waals surface area contributed by atoms with Gasteiger partial charge < -0.3 is 14.8 Å². The van der Waals surface area contributed by atoms with Gasteiger partial charge in [0.05, 0.1) is 17.5 Å². The van der Waals surface area contributed by atoms with Crippen molar-refractivity contribution in [2.45, 2.75) is 13.2 Å². The van der Waals surface area contributed by atoms with Crippen molar-refractivity contribution in [3.8, 4) is 11.5 Å². The Morgan fingerprint density at radius 2 is 2.22 bits per heavy atom. The van der Waals surface area contributed by atoms with Gasteiger partial charge in [-0.2, -0.15) is 0 Å². The van der Waals surface area contributed by atoms with Crippen LogP contribution < -0.4 is 14.8 Å². The number of nitrogens with zero attached hydrogens (tertiary/aromatic N) is 1. The van der Waals surface area contributed by atoms with E-state index in [4.69, 9.17) is 9.47 Å². The summed E-state index contributed by atoms with van der Waals surface area (Å²) in [5.41, 5.74) is 2.96. The normalized spacial score (nSPS) is 10.3. The summed E-state index contributed by atoms with van der Waals surface area (Å²) in [4.78, 5) is 5.11. The molecular weight excluding hydrogens is 248 g/mol. The van der Waals surface area contributed by atoms with Crippen molar-refractivity contribution in [2.24, 2.45) is 0 Å². The molecule has 1 aromatic heterocycles. The van der Waals surface area contributed by atoms with Crippen LogP contribution in [0.2, 0.25) is 0 Å². The van der Waals surface area contributed by atoms with Crippen LogP contribution in [0.4, 0.5) is 0 Å². The minimum absolute atomic E-state index is 0.518. The maximum atomic E-state index is 5.78. The maximum Gasteiger partial charge on any atom is 0.162 e. The Balaban J connectivity index is 2.10. The van der Waals surface area contributed by atoms with E-state index in [1.807, 2.05) is 31.4 Å². The Bertz CT molecular complexity index is 486. The number of hydrogen-bond acceptors (Lipinski definition) is 5. The van der Waals surface area contributed by atoms with Crippen LogP contribution in [0.3, 0.4) is 0 Å². The largest absolute Gasteiger partial charge is 0.493 e. The van der Waals surface area contributed by atoms with E-state index in [0.717, 1.165) is 28.5 Å². The number of methoxy groups -OCH3 is 1. The van der Waals surface area contributed by atoms with E-state index >= 15 is 0 Å². The highest BCUT2D eigenvalue weighted by atomic mass is 32.1. The highest BCUT2D eigenvalue weighted by molar-refractivity contribution is 7.09. The van der Waals surface area contributed by atoms with E-state index in [-0.39, 0.29) is 0 Å². The van der Waals surface area contributed by atoms with E-state index in [1.54, 1.807) is 24.0 Å². The molecule has 2 aromatic rings. The molecule has 0 aliphatic rings. The summed E-state index contributed by atoms with van der Waals surface area (Å²) >= 11 is 1.58. The minimum Gasteiger partial charge on any atom is -0.493 e. The number of rotatable bonds is 6. The van der Waals surface area contributed by atoms with Crippen LogP contribution in [0, 0.1) is 0 Å². The van der Waals surface area contributed by atoms with E-state index in [0.29, 0.717) is 6.61 Å². The Hall–Kier alpha value is -1.59. The van der Waals surface area contributed by atoms with E-state index in [2.05, 4.69) is 10.3 Å². The predicted molar refractivity (Wildman–Crippen MR) is 72.2 cm³/mol. The van der Waals surface area contributed by atoms with Gasteiger partial charge in [0.25, 0.3) is 0 Å². The average Bonchev–Trinajstić information content (AvgIpc) is 2.90. The lowest BCUT2D eigenvalue weighted by Gasteiger charge is -2.11. The Kier molecular flexibility index (Phi) is 4.55. The molecule has 4 nitrogen and oxygen atoms in total. The lowest BCUT2D eigenvalue weighted by Crippen LogP contribution is -2.05. The molecule has 0 unspecified atom stereocenters. The van der Waals surface area contributed by atoms with Gasteiger partial charge in [-0.25, -0.2) is 0 Å². The molecule has 0 amide bonds. The van der Waals surface area contributed by atoms with Crippen LogP contribution in [0.5, 0.6) is 11.5 Å². The van der Waals surface area contributed by atoms with Gasteiger partial charge in [0.1, 0.15) is 6.61 Å². The van der Waals surface area contributed by atoms with E-state index in [1.165, 1.54) is 0 Å². The number of benzene rings is 1. The second-order valence-corrected chi connectivity index (χ2v) is 4.74. The third-order valence-electron chi connectivity index (χ3n) is 2.46. The van der Waals surface area contributed by atoms with Crippen LogP contribution in [-0.4, -0.2) is 19.1 Å². The molecule has 0 radical (unpaired) electrons. The van der Waals surface area contributed by atoms with Gasteiger partial charge in [-0.3, -0.25) is 4.98 Å². The van der Waals surface area contributed by atoms with Crippen molar-refractivity contribution >= 4 is 11.3 Å². The van der Waals surface area contributed by atoms with Crippen molar-refractivity contribution in [3.05, 3.63) is 40.3 Å². The number of aromatic nitrogens is 1. The fourth-order valence-corrected chi connectivity index (χ4v) is 2.12. The summed E-state index contributed by atoms with van der Waals surface area (Å²) in [6.45, 7) is 1.32. The summed E-state index contributed by atoms with van der Waals surface area (Å²) in [7, 11) is 3.56. The Morgan fingerprint density at radius 1 is 1.33 bits per heavy atom. The predicted octanol–water partition coefficient (Wildman–Crippen LogP) is 2.45. The molecular formula is C13H16N2O2S. The maximum absolute atomic E-state index is 5.78. The SMILES string of the molecule is CNCc1ccc(OC)c(OCc2cncs2)c1. The highest BCUT2D eigenvalue weighted by Gasteiger charge is 2.06. The first-order chi connectivity index (χ1) is 8.83. The molecule has 1 N–H and O–H groups in total. The molecule has 0 fully saturated rings. The Morgan fingerprint density at radius 3 is 2.89 bits per heavy atom. The smallest absolute Gasteiger partial charge is 0.162 e. The Labute approximate surface area is 111 Å².